The maximum Gasteiger partial charge on any atom is 0.433 e. The SMILES string of the molecule is Cc1nc(C(F)(F)F)ccc1C(=O)Nc1nnc(-c2ccc(C(C)C)cc2)s1. The molecule has 0 unspecified atom stereocenters. The number of pyridine rings is 1. The molecule has 2 aromatic heterocycles. The molecule has 9 heteroatoms. The maximum absolute atomic E-state index is 12.7. The van der Waals surface area contributed by atoms with E-state index in [1.807, 2.05) is 24.3 Å². The van der Waals surface area contributed by atoms with Gasteiger partial charge in [0, 0.05) is 5.56 Å². The number of rotatable bonds is 4. The molecular weight excluding hydrogens is 389 g/mol. The van der Waals surface area contributed by atoms with Crippen LogP contribution in [0.2, 0.25) is 0 Å². The number of alkyl halides is 3. The molecular formula is C19H17F3N4OS. The molecule has 3 aromatic rings. The number of carbonyl (C=O) groups excluding carboxylic acids is 1. The van der Waals surface area contributed by atoms with E-state index in [2.05, 4.69) is 34.3 Å². The number of aryl methyl sites for hydroxylation is 1. The topological polar surface area (TPSA) is 67.8 Å². The van der Waals surface area contributed by atoms with Crippen LogP contribution in [0.4, 0.5) is 18.3 Å². The summed E-state index contributed by atoms with van der Waals surface area (Å²) in [6.07, 6.45) is -4.56. The van der Waals surface area contributed by atoms with E-state index in [0.717, 1.165) is 17.7 Å². The summed E-state index contributed by atoms with van der Waals surface area (Å²) in [7, 11) is 0. The van der Waals surface area contributed by atoms with Gasteiger partial charge in [0.1, 0.15) is 10.7 Å². The van der Waals surface area contributed by atoms with Gasteiger partial charge in [-0.05, 0) is 30.5 Å². The summed E-state index contributed by atoms with van der Waals surface area (Å²) >= 11 is 1.18. The first-order valence-electron chi connectivity index (χ1n) is 8.45. The summed E-state index contributed by atoms with van der Waals surface area (Å²) < 4.78 is 38.1. The monoisotopic (exact) mass is 406 g/mol. The fourth-order valence-electron chi connectivity index (χ4n) is 2.52. The van der Waals surface area contributed by atoms with Crippen molar-refractivity contribution < 1.29 is 18.0 Å². The van der Waals surface area contributed by atoms with Gasteiger partial charge in [0.15, 0.2) is 0 Å². The number of carbonyl (C=O) groups is 1. The predicted octanol–water partition coefficient (Wildman–Crippen LogP) is 5.30. The van der Waals surface area contributed by atoms with Crippen molar-refractivity contribution in [2.24, 2.45) is 0 Å². The molecule has 0 saturated heterocycles. The highest BCUT2D eigenvalue weighted by atomic mass is 32.1. The molecule has 0 aliphatic carbocycles. The van der Waals surface area contributed by atoms with Crippen molar-refractivity contribution in [3.63, 3.8) is 0 Å². The molecule has 5 nitrogen and oxygen atoms in total. The molecule has 146 valence electrons. The van der Waals surface area contributed by atoms with Crippen molar-refractivity contribution in [3.8, 4) is 10.6 Å². The average Bonchev–Trinajstić information content (AvgIpc) is 3.09. The second-order valence-electron chi connectivity index (χ2n) is 6.47. The first kappa shape index (κ1) is 19.9. The normalized spacial score (nSPS) is 11.7. The molecule has 28 heavy (non-hydrogen) atoms. The lowest BCUT2D eigenvalue weighted by Gasteiger charge is -2.09. The Bertz CT molecular complexity index is 997. The van der Waals surface area contributed by atoms with E-state index in [0.29, 0.717) is 10.9 Å². The minimum absolute atomic E-state index is 0.0126. The second-order valence-corrected chi connectivity index (χ2v) is 7.45. The van der Waals surface area contributed by atoms with Crippen molar-refractivity contribution in [2.45, 2.75) is 32.9 Å². The lowest BCUT2D eigenvalue weighted by atomic mass is 10.0. The van der Waals surface area contributed by atoms with E-state index in [1.165, 1.54) is 23.8 Å². The van der Waals surface area contributed by atoms with E-state index >= 15 is 0 Å². The molecule has 0 spiro atoms. The molecule has 3 rings (SSSR count). The van der Waals surface area contributed by atoms with Crippen LogP contribution < -0.4 is 5.32 Å². The van der Waals surface area contributed by atoms with Crippen LogP contribution in [0.1, 0.15) is 47.1 Å². The minimum Gasteiger partial charge on any atom is -0.296 e. The van der Waals surface area contributed by atoms with Gasteiger partial charge in [-0.1, -0.05) is 49.4 Å². The van der Waals surface area contributed by atoms with Crippen molar-refractivity contribution in [1.29, 1.82) is 0 Å². The Morgan fingerprint density at radius 1 is 1.07 bits per heavy atom. The van der Waals surface area contributed by atoms with Gasteiger partial charge in [-0.3, -0.25) is 10.1 Å². The van der Waals surface area contributed by atoms with Crippen LogP contribution in [0.3, 0.4) is 0 Å². The fraction of sp³-hybridized carbons (Fsp3) is 0.263. The molecule has 0 saturated carbocycles. The van der Waals surface area contributed by atoms with Gasteiger partial charge < -0.3 is 0 Å². The van der Waals surface area contributed by atoms with Gasteiger partial charge in [0.2, 0.25) is 5.13 Å². The van der Waals surface area contributed by atoms with Crippen molar-refractivity contribution in [3.05, 3.63) is 58.9 Å². The third kappa shape index (κ3) is 4.36. The molecule has 0 fully saturated rings. The third-order valence-corrected chi connectivity index (χ3v) is 4.98. The Kier molecular flexibility index (Phi) is 5.46. The summed E-state index contributed by atoms with van der Waals surface area (Å²) in [6.45, 7) is 5.56. The van der Waals surface area contributed by atoms with Gasteiger partial charge in [0.05, 0.1) is 11.3 Å². The van der Waals surface area contributed by atoms with Crippen LogP contribution in [0.25, 0.3) is 10.6 Å². The molecule has 0 atom stereocenters. The number of hydrogen-bond acceptors (Lipinski definition) is 5. The Morgan fingerprint density at radius 3 is 2.32 bits per heavy atom. The molecule has 2 heterocycles. The first-order valence-corrected chi connectivity index (χ1v) is 9.27. The van der Waals surface area contributed by atoms with Crippen LogP contribution in [-0.2, 0) is 6.18 Å². The zero-order valence-electron chi connectivity index (χ0n) is 15.3. The summed E-state index contributed by atoms with van der Waals surface area (Å²) in [5.74, 6) is -0.171. The Balaban J connectivity index is 1.75. The highest BCUT2D eigenvalue weighted by Crippen LogP contribution is 2.30. The molecule has 0 aliphatic heterocycles. The summed E-state index contributed by atoms with van der Waals surface area (Å²) in [4.78, 5) is 15.8. The Morgan fingerprint density at radius 2 is 1.75 bits per heavy atom. The standard InChI is InChI=1S/C19H17F3N4OS/c1-10(2)12-4-6-13(7-5-12)17-25-26-18(28-17)24-16(27)14-8-9-15(19(20,21)22)23-11(14)3/h4-10H,1-3H3,(H,24,26,27). The summed E-state index contributed by atoms with van der Waals surface area (Å²) in [5.41, 5.74) is 1.07. The van der Waals surface area contributed by atoms with E-state index in [9.17, 15) is 18.0 Å². The van der Waals surface area contributed by atoms with Gasteiger partial charge in [0.25, 0.3) is 5.91 Å². The number of benzene rings is 1. The highest BCUT2D eigenvalue weighted by molar-refractivity contribution is 7.18. The molecule has 0 bridgehead atoms. The number of hydrogen-bond donors (Lipinski definition) is 1. The number of nitrogens with zero attached hydrogens (tertiary/aromatic N) is 3. The average molecular weight is 406 g/mol. The van der Waals surface area contributed by atoms with Gasteiger partial charge in [-0.25, -0.2) is 4.98 Å². The van der Waals surface area contributed by atoms with Crippen molar-refractivity contribution in [1.82, 2.24) is 15.2 Å². The lowest BCUT2D eigenvalue weighted by Crippen LogP contribution is -2.16. The zero-order chi connectivity index (χ0) is 20.5. The minimum atomic E-state index is -4.56. The third-order valence-electron chi connectivity index (χ3n) is 4.09. The molecule has 0 aliphatic rings. The number of amides is 1. The number of aromatic nitrogens is 3. The van der Waals surface area contributed by atoms with Crippen molar-refractivity contribution >= 4 is 22.4 Å². The lowest BCUT2D eigenvalue weighted by molar-refractivity contribution is -0.141. The highest BCUT2D eigenvalue weighted by Gasteiger charge is 2.33. The fourth-order valence-corrected chi connectivity index (χ4v) is 3.27. The summed E-state index contributed by atoms with van der Waals surface area (Å²) in [6, 6.07) is 9.78. The second kappa shape index (κ2) is 7.67. The first-order chi connectivity index (χ1) is 13.1. The van der Waals surface area contributed by atoms with Crippen LogP contribution >= 0.6 is 11.3 Å². The Hall–Kier alpha value is -2.81. The van der Waals surface area contributed by atoms with Gasteiger partial charge >= 0.3 is 6.18 Å². The molecule has 1 amide bonds. The van der Waals surface area contributed by atoms with E-state index in [1.54, 1.807) is 0 Å². The molecule has 0 radical (unpaired) electrons. The summed E-state index contributed by atoms with van der Waals surface area (Å²) in [5, 5.41) is 11.5. The number of nitrogens with one attached hydrogen (secondary N) is 1. The van der Waals surface area contributed by atoms with Gasteiger partial charge in [-0.15, -0.1) is 10.2 Å². The number of halogens is 3. The zero-order valence-corrected chi connectivity index (χ0v) is 16.1. The van der Waals surface area contributed by atoms with Crippen molar-refractivity contribution in [2.75, 3.05) is 5.32 Å². The quantitative estimate of drug-likeness (QED) is 0.638. The molecule has 1 N–H and O–H groups in total. The van der Waals surface area contributed by atoms with Gasteiger partial charge in [-0.2, -0.15) is 13.2 Å². The van der Waals surface area contributed by atoms with Crippen LogP contribution in [0.15, 0.2) is 36.4 Å². The molecule has 1 aromatic carbocycles. The van der Waals surface area contributed by atoms with E-state index in [4.69, 9.17) is 0 Å². The van der Waals surface area contributed by atoms with E-state index < -0.39 is 17.8 Å². The number of anilines is 1. The predicted molar refractivity (Wildman–Crippen MR) is 101 cm³/mol. The van der Waals surface area contributed by atoms with Crippen LogP contribution in [0.5, 0.6) is 0 Å². The largest absolute Gasteiger partial charge is 0.433 e. The van der Waals surface area contributed by atoms with E-state index in [-0.39, 0.29) is 16.4 Å². The van der Waals surface area contributed by atoms with Crippen LogP contribution in [-0.4, -0.2) is 21.1 Å². The smallest absolute Gasteiger partial charge is 0.296 e. The van der Waals surface area contributed by atoms with Crippen LogP contribution in [0, 0.1) is 6.92 Å². The Labute approximate surface area is 163 Å². The maximum atomic E-state index is 12.7.